The molecule has 0 atom stereocenters. The number of thioether (sulfide) groups is 1. The summed E-state index contributed by atoms with van der Waals surface area (Å²) in [7, 11) is 0. The Kier molecular flexibility index (Phi) is 3.66. The Morgan fingerprint density at radius 1 is 1.44 bits per heavy atom. The summed E-state index contributed by atoms with van der Waals surface area (Å²) in [6.07, 6.45) is 3.46. The molecule has 2 rings (SSSR count). The number of carbonyl (C=O) groups excluding carboxylic acids is 1. The number of nitrogens with one attached hydrogen (secondary N) is 1. The molecule has 0 saturated carbocycles. The van der Waals surface area contributed by atoms with Crippen LogP contribution in [0.25, 0.3) is 0 Å². The van der Waals surface area contributed by atoms with Crippen LogP contribution < -0.4 is 5.73 Å². The molecule has 6 nitrogen and oxygen atoms in total. The quantitative estimate of drug-likeness (QED) is 0.752. The smallest absolute Gasteiger partial charge is 0.233 e. The molecule has 16 heavy (non-hydrogen) atoms. The Labute approximate surface area is 98.0 Å². The van der Waals surface area contributed by atoms with E-state index in [1.807, 2.05) is 4.90 Å². The van der Waals surface area contributed by atoms with Crippen molar-refractivity contribution >= 4 is 23.6 Å². The topological polar surface area (TPSA) is 87.9 Å². The first-order valence-electron chi connectivity index (χ1n) is 5.34. The standard InChI is InChI=1S/C9H15N5OS/c10-8-11-9(13-12-8)16-6-7(15)14-4-2-1-3-5-14/h1-6H2,(H3,10,11,12,13). The number of rotatable bonds is 3. The summed E-state index contributed by atoms with van der Waals surface area (Å²) in [5.74, 6) is 0.832. The van der Waals surface area contributed by atoms with Crippen LogP contribution in [0.4, 0.5) is 5.95 Å². The number of nitrogens with zero attached hydrogens (tertiary/aromatic N) is 3. The Hall–Kier alpha value is -1.24. The van der Waals surface area contributed by atoms with Crippen LogP contribution in [0.15, 0.2) is 5.16 Å². The minimum Gasteiger partial charge on any atom is -0.368 e. The van der Waals surface area contributed by atoms with E-state index in [1.165, 1.54) is 18.2 Å². The van der Waals surface area contributed by atoms with Crippen LogP contribution in [0.2, 0.25) is 0 Å². The van der Waals surface area contributed by atoms with E-state index in [-0.39, 0.29) is 11.9 Å². The first kappa shape index (κ1) is 11.3. The van der Waals surface area contributed by atoms with E-state index in [0.29, 0.717) is 10.9 Å². The van der Waals surface area contributed by atoms with Crippen molar-refractivity contribution in [1.82, 2.24) is 20.1 Å². The van der Waals surface area contributed by atoms with Gasteiger partial charge in [-0.2, -0.15) is 4.98 Å². The second-order valence-corrected chi connectivity index (χ2v) is 4.68. The second kappa shape index (κ2) is 5.20. The number of anilines is 1. The maximum absolute atomic E-state index is 11.8. The number of nitrogens with two attached hydrogens (primary N) is 1. The minimum absolute atomic E-state index is 0.160. The van der Waals surface area contributed by atoms with E-state index < -0.39 is 0 Å². The number of likely N-dealkylation sites (tertiary alicyclic amines) is 1. The molecule has 1 amide bonds. The van der Waals surface area contributed by atoms with Gasteiger partial charge in [0.1, 0.15) is 0 Å². The van der Waals surface area contributed by atoms with Crippen molar-refractivity contribution in [2.45, 2.75) is 24.4 Å². The summed E-state index contributed by atoms with van der Waals surface area (Å²) in [4.78, 5) is 17.6. The molecule has 3 N–H and O–H groups in total. The lowest BCUT2D eigenvalue weighted by molar-refractivity contribution is -0.129. The molecule has 2 heterocycles. The van der Waals surface area contributed by atoms with Gasteiger partial charge in [0, 0.05) is 13.1 Å². The molecule has 1 aromatic rings. The van der Waals surface area contributed by atoms with E-state index in [4.69, 9.17) is 5.73 Å². The Balaban J connectivity index is 1.78. The third kappa shape index (κ3) is 2.88. The average molecular weight is 241 g/mol. The minimum atomic E-state index is 0.160. The third-order valence-corrected chi connectivity index (χ3v) is 3.35. The molecule has 0 unspecified atom stereocenters. The third-order valence-electron chi connectivity index (χ3n) is 2.52. The van der Waals surface area contributed by atoms with Crippen LogP contribution in [0.3, 0.4) is 0 Å². The lowest BCUT2D eigenvalue weighted by Gasteiger charge is -2.26. The SMILES string of the molecule is Nc1nc(SCC(=O)N2CCCCC2)n[nH]1. The zero-order valence-electron chi connectivity index (χ0n) is 8.98. The predicted molar refractivity (Wildman–Crippen MR) is 62.0 cm³/mol. The van der Waals surface area contributed by atoms with E-state index in [2.05, 4.69) is 15.2 Å². The van der Waals surface area contributed by atoms with Gasteiger partial charge in [-0.15, -0.1) is 5.10 Å². The van der Waals surface area contributed by atoms with Crippen molar-refractivity contribution in [1.29, 1.82) is 0 Å². The molecule has 1 aromatic heterocycles. The van der Waals surface area contributed by atoms with Gasteiger partial charge in [0.2, 0.25) is 17.0 Å². The van der Waals surface area contributed by atoms with Crippen LogP contribution >= 0.6 is 11.8 Å². The largest absolute Gasteiger partial charge is 0.368 e. The van der Waals surface area contributed by atoms with Crippen molar-refractivity contribution in [2.24, 2.45) is 0 Å². The van der Waals surface area contributed by atoms with Gasteiger partial charge in [-0.05, 0) is 19.3 Å². The number of hydrogen-bond acceptors (Lipinski definition) is 5. The first-order valence-corrected chi connectivity index (χ1v) is 6.33. The van der Waals surface area contributed by atoms with Crippen LogP contribution in [0.5, 0.6) is 0 Å². The fourth-order valence-electron chi connectivity index (χ4n) is 1.68. The molecular formula is C9H15N5OS. The van der Waals surface area contributed by atoms with Gasteiger partial charge in [-0.3, -0.25) is 4.79 Å². The number of aromatic amines is 1. The number of H-pyrrole nitrogens is 1. The van der Waals surface area contributed by atoms with Crippen molar-refractivity contribution in [2.75, 3.05) is 24.6 Å². The maximum Gasteiger partial charge on any atom is 0.233 e. The van der Waals surface area contributed by atoms with Crippen molar-refractivity contribution in [3.05, 3.63) is 0 Å². The van der Waals surface area contributed by atoms with Crippen LogP contribution in [-0.4, -0.2) is 44.8 Å². The molecule has 1 aliphatic heterocycles. The van der Waals surface area contributed by atoms with Gasteiger partial charge < -0.3 is 10.6 Å². The van der Waals surface area contributed by atoms with Crippen LogP contribution in [-0.2, 0) is 4.79 Å². The van der Waals surface area contributed by atoms with Gasteiger partial charge >= 0.3 is 0 Å². The summed E-state index contributed by atoms with van der Waals surface area (Å²) >= 11 is 1.32. The highest BCUT2D eigenvalue weighted by Crippen LogP contribution is 2.15. The lowest BCUT2D eigenvalue weighted by atomic mass is 10.1. The molecule has 0 aromatic carbocycles. The molecule has 88 valence electrons. The van der Waals surface area contributed by atoms with Gasteiger partial charge in [-0.1, -0.05) is 11.8 Å². The molecule has 7 heteroatoms. The first-order chi connectivity index (χ1) is 7.75. The van der Waals surface area contributed by atoms with Crippen molar-refractivity contribution in [3.8, 4) is 0 Å². The van der Waals surface area contributed by atoms with Gasteiger partial charge in [0.05, 0.1) is 5.75 Å². The van der Waals surface area contributed by atoms with Crippen LogP contribution in [0.1, 0.15) is 19.3 Å². The number of aromatic nitrogens is 3. The number of piperidine rings is 1. The summed E-state index contributed by atoms with van der Waals surface area (Å²) in [5.41, 5.74) is 5.39. The van der Waals surface area contributed by atoms with E-state index in [9.17, 15) is 4.79 Å². The number of hydrogen-bond donors (Lipinski definition) is 2. The van der Waals surface area contributed by atoms with E-state index in [0.717, 1.165) is 25.9 Å². The Bertz CT molecular complexity index is 361. The summed E-state index contributed by atoms with van der Waals surface area (Å²) in [5, 5.41) is 6.94. The molecule has 0 radical (unpaired) electrons. The highest BCUT2D eigenvalue weighted by Gasteiger charge is 2.17. The molecule has 1 aliphatic rings. The monoisotopic (exact) mass is 241 g/mol. The fourth-order valence-corrected chi connectivity index (χ4v) is 2.39. The fraction of sp³-hybridized carbons (Fsp3) is 0.667. The van der Waals surface area contributed by atoms with Gasteiger partial charge in [-0.25, -0.2) is 5.10 Å². The van der Waals surface area contributed by atoms with Crippen LogP contribution in [0, 0.1) is 0 Å². The maximum atomic E-state index is 11.8. The lowest BCUT2D eigenvalue weighted by Crippen LogP contribution is -2.36. The zero-order chi connectivity index (χ0) is 11.4. The summed E-state index contributed by atoms with van der Waals surface area (Å²) in [6.45, 7) is 1.77. The van der Waals surface area contributed by atoms with E-state index >= 15 is 0 Å². The predicted octanol–water partition coefficient (Wildman–Crippen LogP) is 0.491. The van der Waals surface area contributed by atoms with Crippen molar-refractivity contribution < 1.29 is 4.79 Å². The second-order valence-electron chi connectivity index (χ2n) is 3.73. The Morgan fingerprint density at radius 2 is 2.19 bits per heavy atom. The molecule has 1 saturated heterocycles. The molecule has 1 fully saturated rings. The normalized spacial score (nSPS) is 16.4. The number of nitrogen functional groups attached to an aromatic ring is 1. The summed E-state index contributed by atoms with van der Waals surface area (Å²) in [6, 6.07) is 0. The highest BCUT2D eigenvalue weighted by molar-refractivity contribution is 7.99. The summed E-state index contributed by atoms with van der Waals surface area (Å²) < 4.78 is 0. The molecule has 0 spiro atoms. The highest BCUT2D eigenvalue weighted by atomic mass is 32.2. The van der Waals surface area contributed by atoms with Gasteiger partial charge in [0.25, 0.3) is 0 Å². The number of carbonyl (C=O) groups is 1. The zero-order valence-corrected chi connectivity index (χ0v) is 9.79. The molecular weight excluding hydrogens is 226 g/mol. The van der Waals surface area contributed by atoms with Crippen molar-refractivity contribution in [3.63, 3.8) is 0 Å². The molecule has 0 bridgehead atoms. The van der Waals surface area contributed by atoms with E-state index in [1.54, 1.807) is 0 Å². The Morgan fingerprint density at radius 3 is 2.81 bits per heavy atom. The molecule has 0 aliphatic carbocycles. The van der Waals surface area contributed by atoms with Gasteiger partial charge in [0.15, 0.2) is 0 Å². The average Bonchev–Trinajstić information content (AvgIpc) is 2.73. The number of amides is 1.